The van der Waals surface area contributed by atoms with Gasteiger partial charge in [0.15, 0.2) is 18.5 Å². The minimum Gasteiger partial charge on any atom is -0.484 e. The van der Waals surface area contributed by atoms with Gasteiger partial charge < -0.3 is 33.5 Å². The molecule has 0 amide bonds. The van der Waals surface area contributed by atoms with Crippen molar-refractivity contribution in [1.29, 1.82) is 0 Å². The van der Waals surface area contributed by atoms with Crippen molar-refractivity contribution in [3.05, 3.63) is 172 Å². The third-order valence-electron chi connectivity index (χ3n) is 9.54. The predicted octanol–water partition coefficient (Wildman–Crippen LogP) is 8.39. The Morgan fingerprint density at radius 3 is 1.77 bits per heavy atom. The number of hydrogen-bond donors (Lipinski definition) is 1. The third-order valence-corrected chi connectivity index (χ3v) is 9.91. The fraction of sp³-hybridized carbons (Fsp3) is 0.295. The van der Waals surface area contributed by atoms with Crippen molar-refractivity contribution in [2.45, 2.75) is 62.1 Å². The summed E-state index contributed by atoms with van der Waals surface area (Å²) in [6.07, 6.45) is -7.07. The highest BCUT2D eigenvalue weighted by Crippen LogP contribution is 2.48. The molecular formula is C44H42ClF3O8. The van der Waals surface area contributed by atoms with E-state index in [1.54, 1.807) is 30.3 Å². The maximum Gasteiger partial charge on any atom is 0.422 e. The van der Waals surface area contributed by atoms with E-state index in [0.29, 0.717) is 22.4 Å². The maximum absolute atomic E-state index is 13.4. The highest BCUT2D eigenvalue weighted by Gasteiger charge is 2.64. The summed E-state index contributed by atoms with van der Waals surface area (Å²) in [4.78, 5) is 13.4. The van der Waals surface area contributed by atoms with E-state index >= 15 is 0 Å². The highest BCUT2D eigenvalue weighted by atomic mass is 35.5. The Morgan fingerprint density at radius 2 is 1.27 bits per heavy atom. The Kier molecular flexibility index (Phi) is 13.6. The van der Waals surface area contributed by atoms with Crippen LogP contribution >= 0.6 is 11.6 Å². The van der Waals surface area contributed by atoms with Gasteiger partial charge in [-0.15, -0.1) is 0 Å². The molecule has 0 aromatic heterocycles. The quantitative estimate of drug-likeness (QED) is 0.0940. The van der Waals surface area contributed by atoms with Crippen LogP contribution in [0.25, 0.3) is 0 Å². The van der Waals surface area contributed by atoms with Crippen LogP contribution in [-0.4, -0.2) is 61.8 Å². The van der Waals surface area contributed by atoms with Gasteiger partial charge in [-0.3, -0.25) is 4.79 Å². The zero-order chi connectivity index (χ0) is 39.6. The molecular weight excluding hydrogens is 749 g/mol. The molecule has 56 heavy (non-hydrogen) atoms. The fourth-order valence-electron chi connectivity index (χ4n) is 6.72. The summed E-state index contributed by atoms with van der Waals surface area (Å²) in [5.41, 5.74) is 2.24. The minimum absolute atomic E-state index is 0.0617. The number of carbonyl (C=O) groups excluding carboxylic acids is 1. The molecule has 5 aromatic rings. The van der Waals surface area contributed by atoms with Crippen molar-refractivity contribution in [2.75, 3.05) is 20.3 Å². The molecule has 0 radical (unpaired) electrons. The number of carbonyl (C=O) groups is 1. The summed E-state index contributed by atoms with van der Waals surface area (Å²) in [6.45, 7) is -1.95. The second-order valence-corrected chi connectivity index (χ2v) is 13.8. The van der Waals surface area contributed by atoms with Crippen molar-refractivity contribution < 1.29 is 51.5 Å². The molecule has 1 N–H and O–H groups in total. The van der Waals surface area contributed by atoms with Crippen LogP contribution in [0, 0.1) is 0 Å². The minimum atomic E-state index is -4.47. The molecule has 12 heteroatoms. The van der Waals surface area contributed by atoms with Crippen LogP contribution in [0.5, 0.6) is 5.75 Å². The van der Waals surface area contributed by atoms with Crippen LogP contribution in [0.4, 0.5) is 13.2 Å². The third kappa shape index (κ3) is 9.85. The molecule has 0 unspecified atom stereocenters. The lowest BCUT2D eigenvalue weighted by Crippen LogP contribution is -2.72. The topological polar surface area (TPSA) is 92.7 Å². The Labute approximate surface area is 328 Å². The largest absolute Gasteiger partial charge is 0.484 e. The molecule has 294 valence electrons. The van der Waals surface area contributed by atoms with E-state index in [4.69, 9.17) is 40.0 Å². The SMILES string of the molecule is CO[C@@]1(c2ccc(Cl)c(Cc3ccc(OCC(F)(F)F)cc3)c2)O[C@](C=O)(CO)[C@H](OCc2ccccc2)[C@H](OCc2ccccc2)[C@H]1OCc1ccccc1. The van der Waals surface area contributed by atoms with Crippen LogP contribution in [0.2, 0.25) is 5.02 Å². The van der Waals surface area contributed by atoms with Crippen molar-refractivity contribution in [3.63, 3.8) is 0 Å². The summed E-state index contributed by atoms with van der Waals surface area (Å²) in [5, 5.41) is 11.5. The molecule has 1 aliphatic rings. The van der Waals surface area contributed by atoms with Crippen molar-refractivity contribution in [2.24, 2.45) is 0 Å². The molecule has 1 heterocycles. The molecule has 0 spiro atoms. The number of benzene rings is 5. The van der Waals surface area contributed by atoms with Gasteiger partial charge in [-0.2, -0.15) is 13.2 Å². The molecule has 1 saturated heterocycles. The lowest BCUT2D eigenvalue weighted by Gasteiger charge is -2.55. The van der Waals surface area contributed by atoms with Gasteiger partial charge in [-0.05, 0) is 58.5 Å². The Balaban J connectivity index is 1.42. The molecule has 0 bridgehead atoms. The average Bonchev–Trinajstić information content (AvgIpc) is 3.22. The Bertz CT molecular complexity index is 1990. The summed E-state index contributed by atoms with van der Waals surface area (Å²) >= 11 is 6.76. The first kappa shape index (κ1) is 41.1. The van der Waals surface area contributed by atoms with Crippen LogP contribution < -0.4 is 4.74 Å². The molecule has 1 fully saturated rings. The summed E-state index contributed by atoms with van der Waals surface area (Å²) < 4.78 is 76.1. The van der Waals surface area contributed by atoms with Gasteiger partial charge in [-0.1, -0.05) is 121 Å². The van der Waals surface area contributed by atoms with Crippen molar-refractivity contribution >= 4 is 17.9 Å². The van der Waals surface area contributed by atoms with E-state index in [9.17, 15) is 23.1 Å². The number of alkyl halides is 3. The van der Waals surface area contributed by atoms with Gasteiger partial charge in [0.2, 0.25) is 5.79 Å². The van der Waals surface area contributed by atoms with Gasteiger partial charge in [0.1, 0.15) is 24.1 Å². The molecule has 8 nitrogen and oxygen atoms in total. The van der Waals surface area contributed by atoms with Crippen molar-refractivity contribution in [3.8, 4) is 5.75 Å². The second kappa shape index (κ2) is 18.6. The number of aldehydes is 1. The van der Waals surface area contributed by atoms with Crippen LogP contribution in [0.15, 0.2) is 133 Å². The maximum atomic E-state index is 13.4. The molecule has 5 atom stereocenters. The fourth-order valence-corrected chi connectivity index (χ4v) is 6.90. The Hall–Kier alpha value is -4.59. The van der Waals surface area contributed by atoms with E-state index < -0.39 is 49.1 Å². The van der Waals surface area contributed by atoms with E-state index in [1.165, 1.54) is 19.2 Å². The van der Waals surface area contributed by atoms with Crippen LogP contribution in [-0.2, 0) is 60.5 Å². The van der Waals surface area contributed by atoms with Gasteiger partial charge in [-0.25, -0.2) is 0 Å². The number of hydrogen-bond acceptors (Lipinski definition) is 8. The summed E-state index contributed by atoms with van der Waals surface area (Å²) in [7, 11) is 1.42. The highest BCUT2D eigenvalue weighted by molar-refractivity contribution is 6.31. The first-order valence-electron chi connectivity index (χ1n) is 17.9. The number of methoxy groups -OCH3 is 1. The summed E-state index contributed by atoms with van der Waals surface area (Å²) in [5.74, 6) is -1.82. The number of aliphatic hydroxyl groups excluding tert-OH is 1. The lowest BCUT2D eigenvalue weighted by molar-refractivity contribution is -0.401. The van der Waals surface area contributed by atoms with Gasteiger partial charge in [0.05, 0.1) is 26.4 Å². The number of ether oxygens (including phenoxy) is 6. The molecule has 5 aromatic carbocycles. The van der Waals surface area contributed by atoms with Gasteiger partial charge >= 0.3 is 6.18 Å². The summed E-state index contributed by atoms with van der Waals surface area (Å²) in [6, 6.07) is 39.6. The number of rotatable bonds is 17. The number of halogens is 4. The number of aliphatic hydroxyl groups is 1. The van der Waals surface area contributed by atoms with Crippen molar-refractivity contribution in [1.82, 2.24) is 0 Å². The normalized spacial score (nSPS) is 22.4. The molecule has 6 rings (SSSR count). The average molecular weight is 791 g/mol. The first-order chi connectivity index (χ1) is 27.1. The smallest absolute Gasteiger partial charge is 0.422 e. The zero-order valence-electron chi connectivity index (χ0n) is 30.6. The van der Waals surface area contributed by atoms with Crippen LogP contribution in [0.1, 0.15) is 33.4 Å². The first-order valence-corrected chi connectivity index (χ1v) is 18.3. The van der Waals surface area contributed by atoms with Crippen LogP contribution in [0.3, 0.4) is 0 Å². The lowest BCUT2D eigenvalue weighted by atomic mass is 9.80. The Morgan fingerprint density at radius 1 is 0.732 bits per heavy atom. The van der Waals surface area contributed by atoms with E-state index in [-0.39, 0.29) is 32.0 Å². The monoisotopic (exact) mass is 790 g/mol. The zero-order valence-corrected chi connectivity index (χ0v) is 31.3. The molecule has 0 saturated carbocycles. The standard InChI is InChI=1S/C44H42ClF3O8/c1-51-44(36-19-22-38(45)35(24-36)23-31-17-20-37(21-18-31)55-30-43(46,47)48)41(54-27-34-15-9-4-10-16-34)39(52-25-32-11-5-2-6-12-32)40(42(28-49,29-50)56-44)53-26-33-13-7-3-8-14-33/h2-22,24,28,39-41,50H,23,25-27,29-30H2,1H3/t39-,40+,41+,42+,44-/m0/s1. The van der Waals surface area contributed by atoms with E-state index in [0.717, 1.165) is 22.3 Å². The van der Waals surface area contributed by atoms with E-state index in [1.807, 2.05) is 91.0 Å². The molecule has 0 aliphatic carbocycles. The van der Waals surface area contributed by atoms with E-state index in [2.05, 4.69) is 0 Å². The predicted molar refractivity (Wildman–Crippen MR) is 203 cm³/mol. The van der Waals surface area contributed by atoms with Gasteiger partial charge in [0.25, 0.3) is 0 Å². The molecule has 1 aliphatic heterocycles. The van der Waals surface area contributed by atoms with Gasteiger partial charge in [0, 0.05) is 17.7 Å². The second-order valence-electron chi connectivity index (χ2n) is 13.4.